The minimum Gasteiger partial charge on any atom is -0.429 e. The molecule has 0 aliphatic rings. The van der Waals surface area contributed by atoms with Gasteiger partial charge in [-0.3, -0.25) is 0 Å². The van der Waals surface area contributed by atoms with Crippen molar-refractivity contribution in [2.75, 3.05) is 6.54 Å². The fourth-order valence-corrected chi connectivity index (χ4v) is 2.77. The summed E-state index contributed by atoms with van der Waals surface area (Å²) in [6, 6.07) is 12.1. The van der Waals surface area contributed by atoms with E-state index < -0.39 is 29.5 Å². The van der Waals surface area contributed by atoms with Crippen LogP contribution in [-0.2, 0) is 5.54 Å². The number of aromatic nitrogens is 2. The Hall–Kier alpha value is -3.04. The molecule has 0 saturated carbocycles. The maximum absolute atomic E-state index is 14.0. The predicted octanol–water partition coefficient (Wildman–Crippen LogP) is 3.18. The number of nitrogens with zero attached hydrogens (tertiary/aromatic N) is 2. The summed E-state index contributed by atoms with van der Waals surface area (Å²) in [7, 11) is 0. The van der Waals surface area contributed by atoms with E-state index in [2.05, 4.69) is 14.7 Å². The Morgan fingerprint density at radius 1 is 1.00 bits per heavy atom. The molecular weight excluding hydrogens is 376 g/mol. The largest absolute Gasteiger partial charge is 0.429 e. The van der Waals surface area contributed by atoms with Gasteiger partial charge in [0.05, 0.1) is 16.9 Å². The first-order chi connectivity index (χ1) is 13.3. The van der Waals surface area contributed by atoms with Crippen molar-refractivity contribution in [1.29, 1.82) is 0 Å². The van der Waals surface area contributed by atoms with Crippen molar-refractivity contribution >= 4 is 0 Å². The van der Waals surface area contributed by atoms with Gasteiger partial charge in [0, 0.05) is 12.1 Å². The molecule has 5 nitrogen and oxygen atoms in total. The smallest absolute Gasteiger partial charge is 0.387 e. The Bertz CT molecular complexity index is 948. The lowest BCUT2D eigenvalue weighted by molar-refractivity contribution is -0.0546. The number of hydrogen-bond acceptors (Lipinski definition) is 5. The molecule has 9 heteroatoms. The summed E-state index contributed by atoms with van der Waals surface area (Å²) < 4.78 is 56.5. The molecule has 28 heavy (non-hydrogen) atoms. The van der Waals surface area contributed by atoms with Gasteiger partial charge in [0.2, 0.25) is 0 Å². The van der Waals surface area contributed by atoms with Crippen LogP contribution in [0.4, 0.5) is 17.6 Å². The third-order valence-corrected chi connectivity index (χ3v) is 4.24. The van der Waals surface area contributed by atoms with Crippen molar-refractivity contribution in [2.45, 2.75) is 12.2 Å². The van der Waals surface area contributed by atoms with Gasteiger partial charge in [0.25, 0.3) is 0 Å². The minimum atomic E-state index is -3.35. The zero-order valence-corrected chi connectivity index (χ0v) is 14.4. The van der Waals surface area contributed by atoms with Crippen LogP contribution in [0.15, 0.2) is 54.9 Å². The number of ether oxygens (including phenoxy) is 1. The van der Waals surface area contributed by atoms with Crippen molar-refractivity contribution in [3.63, 3.8) is 0 Å². The lowest BCUT2D eigenvalue weighted by Gasteiger charge is -2.28. The second-order valence-corrected chi connectivity index (χ2v) is 5.98. The summed E-state index contributed by atoms with van der Waals surface area (Å²) in [5.41, 5.74) is 12.4. The third kappa shape index (κ3) is 3.80. The van der Waals surface area contributed by atoms with E-state index in [9.17, 15) is 17.6 Å². The van der Waals surface area contributed by atoms with Crippen molar-refractivity contribution in [2.24, 2.45) is 11.5 Å². The van der Waals surface area contributed by atoms with E-state index in [1.165, 1.54) is 12.4 Å². The molecule has 1 unspecified atom stereocenters. The Morgan fingerprint density at radius 3 is 2.21 bits per heavy atom. The summed E-state index contributed by atoms with van der Waals surface area (Å²) in [6.07, 6.45) is 1.18. The maximum Gasteiger partial charge on any atom is 0.387 e. The summed E-state index contributed by atoms with van der Waals surface area (Å²) in [5.74, 6) is -3.72. The highest BCUT2D eigenvalue weighted by Gasteiger charge is 2.30. The fourth-order valence-electron chi connectivity index (χ4n) is 2.77. The molecule has 2 aromatic carbocycles. The van der Waals surface area contributed by atoms with Gasteiger partial charge in [-0.25, -0.2) is 18.7 Å². The average Bonchev–Trinajstić information content (AvgIpc) is 2.70. The van der Waals surface area contributed by atoms with Crippen molar-refractivity contribution in [3.8, 4) is 17.0 Å². The molecule has 0 aliphatic carbocycles. The first-order valence-electron chi connectivity index (χ1n) is 8.16. The number of hydrogen-bond donors (Lipinski definition) is 2. The highest BCUT2D eigenvalue weighted by Crippen LogP contribution is 2.31. The van der Waals surface area contributed by atoms with Crippen molar-refractivity contribution < 1.29 is 22.3 Å². The van der Waals surface area contributed by atoms with Gasteiger partial charge in [-0.2, -0.15) is 8.78 Å². The molecule has 0 radical (unpaired) electrons. The molecule has 0 spiro atoms. The Morgan fingerprint density at radius 2 is 1.64 bits per heavy atom. The van der Waals surface area contributed by atoms with E-state index in [1.54, 1.807) is 24.3 Å². The van der Waals surface area contributed by atoms with Gasteiger partial charge in [-0.1, -0.05) is 30.3 Å². The van der Waals surface area contributed by atoms with Crippen molar-refractivity contribution in [1.82, 2.24) is 9.97 Å². The number of rotatable bonds is 6. The average molecular weight is 392 g/mol. The fraction of sp³-hybridized carbons (Fsp3) is 0.158. The van der Waals surface area contributed by atoms with E-state index >= 15 is 0 Å². The molecule has 0 bridgehead atoms. The normalized spacial score (nSPS) is 13.4. The SMILES string of the molecule is NCC(N)(c1ccccc1)c1cc(-c2cc(F)c(OC(F)F)c(F)c2)ncn1. The highest BCUT2D eigenvalue weighted by molar-refractivity contribution is 5.61. The topological polar surface area (TPSA) is 87.0 Å². The summed E-state index contributed by atoms with van der Waals surface area (Å²) in [4.78, 5) is 8.15. The van der Waals surface area contributed by atoms with Crippen LogP contribution in [0.25, 0.3) is 11.3 Å². The highest BCUT2D eigenvalue weighted by atomic mass is 19.3. The number of halogens is 4. The van der Waals surface area contributed by atoms with Gasteiger partial charge in [0.1, 0.15) is 6.33 Å². The molecule has 1 heterocycles. The van der Waals surface area contributed by atoms with Gasteiger partial charge >= 0.3 is 6.61 Å². The molecule has 3 aromatic rings. The Kier molecular flexibility index (Phi) is 5.57. The maximum atomic E-state index is 14.0. The standard InChI is InChI=1S/C19H16F4N4O/c20-13-6-11(7-14(21)17(13)28-18(22)23)15-8-16(27-10-26-15)19(25,9-24)12-4-2-1-3-5-12/h1-8,10,18H,9,24-25H2. The summed E-state index contributed by atoms with van der Waals surface area (Å²) in [6.45, 7) is -3.34. The monoisotopic (exact) mass is 392 g/mol. The van der Waals surface area contributed by atoms with E-state index in [-0.39, 0.29) is 17.8 Å². The van der Waals surface area contributed by atoms with Crippen LogP contribution in [0.5, 0.6) is 5.75 Å². The van der Waals surface area contributed by atoms with Gasteiger partial charge in [0.15, 0.2) is 17.4 Å². The zero-order valence-electron chi connectivity index (χ0n) is 14.4. The quantitative estimate of drug-likeness (QED) is 0.629. The number of nitrogens with two attached hydrogens (primary N) is 2. The first-order valence-corrected chi connectivity index (χ1v) is 8.16. The molecule has 0 amide bonds. The van der Waals surface area contributed by atoms with Crippen LogP contribution < -0.4 is 16.2 Å². The summed E-state index contributed by atoms with van der Waals surface area (Å²) in [5, 5.41) is 0. The molecule has 0 aliphatic heterocycles. The second-order valence-electron chi connectivity index (χ2n) is 5.98. The van der Waals surface area contributed by atoms with Crippen LogP contribution in [0.2, 0.25) is 0 Å². The van der Waals surface area contributed by atoms with E-state index in [0.29, 0.717) is 11.3 Å². The zero-order chi connectivity index (χ0) is 20.3. The molecule has 3 rings (SSSR count). The first kappa shape index (κ1) is 19.7. The second kappa shape index (κ2) is 7.91. The Balaban J connectivity index is 2.04. The summed E-state index contributed by atoms with van der Waals surface area (Å²) >= 11 is 0. The number of benzene rings is 2. The van der Waals surface area contributed by atoms with E-state index in [0.717, 1.165) is 12.1 Å². The van der Waals surface area contributed by atoms with Crippen molar-refractivity contribution in [3.05, 3.63) is 77.8 Å². The van der Waals surface area contributed by atoms with E-state index in [1.807, 2.05) is 6.07 Å². The molecule has 1 aromatic heterocycles. The number of alkyl halides is 2. The minimum absolute atomic E-state index is 0.00713. The third-order valence-electron chi connectivity index (χ3n) is 4.24. The van der Waals surface area contributed by atoms with Crippen LogP contribution in [0.3, 0.4) is 0 Å². The van der Waals surface area contributed by atoms with Gasteiger partial charge in [-0.05, 0) is 23.8 Å². The van der Waals surface area contributed by atoms with Crippen LogP contribution in [-0.4, -0.2) is 23.1 Å². The van der Waals surface area contributed by atoms with Gasteiger partial charge < -0.3 is 16.2 Å². The Labute approximate surface area is 158 Å². The van der Waals surface area contributed by atoms with Crippen LogP contribution in [0.1, 0.15) is 11.3 Å². The van der Waals surface area contributed by atoms with Crippen LogP contribution in [0, 0.1) is 11.6 Å². The predicted molar refractivity (Wildman–Crippen MR) is 94.5 cm³/mol. The lowest BCUT2D eigenvalue weighted by atomic mass is 9.87. The lowest BCUT2D eigenvalue weighted by Crippen LogP contribution is -2.45. The molecular formula is C19H16F4N4O. The molecule has 1 atom stereocenters. The molecule has 146 valence electrons. The van der Waals surface area contributed by atoms with E-state index in [4.69, 9.17) is 11.5 Å². The van der Waals surface area contributed by atoms with Crippen LogP contribution >= 0.6 is 0 Å². The molecule has 0 fully saturated rings. The molecule has 4 N–H and O–H groups in total. The molecule has 0 saturated heterocycles. The van der Waals surface area contributed by atoms with Gasteiger partial charge in [-0.15, -0.1) is 0 Å².